The Labute approximate surface area is 666 Å². The fraction of sp³-hybridized carbons (Fsp3) is 0.312. The lowest BCUT2D eigenvalue weighted by atomic mass is 9.90. The second-order valence-corrected chi connectivity index (χ2v) is 31.0. The Kier molecular flexibility index (Phi) is 21.7. The summed E-state index contributed by atoms with van der Waals surface area (Å²) in [6.45, 7) is 26.0. The molecular weight excluding hydrogens is 1550 g/mol. The SMILES string of the molecule is CC(C)(F)CN.CC1(O)C(=O)Nc2ccc(Br)cc21.CCn1c(-c2cnc(C)nc2)nc2c(-c3ccc4c(c3)C(C)(Cl)C(=O)N4)ncnc21.CCn1c(-c2cnc(C)nc2)nc2c(-c3ccc4c(c3)C(C)(NCC(C)(C)F)C(=O)N4)ncnc21.CCn1c(-c2cnc(C)nc2)nc2c(-c3ccc4c(c3)C(C)(O)C(=O)N4)ncnc21. The summed E-state index contributed by atoms with van der Waals surface area (Å²) >= 11 is 9.78. The van der Waals surface area contributed by atoms with E-state index in [1.807, 2.05) is 104 Å². The fourth-order valence-electron chi connectivity index (χ4n) is 13.2. The van der Waals surface area contributed by atoms with Crippen molar-refractivity contribution in [2.75, 3.05) is 34.4 Å². The molecule has 0 saturated carbocycles. The monoisotopic (exact) mass is 1630 g/mol. The molecule has 9 N–H and O–H groups in total. The molecule has 586 valence electrons. The second-order valence-electron chi connectivity index (χ2n) is 29.3. The molecule has 4 amide bonds. The zero-order valence-electron chi connectivity index (χ0n) is 64.8. The Bertz CT molecular complexity index is 5740. The summed E-state index contributed by atoms with van der Waals surface area (Å²) in [6, 6.07) is 22.0. The summed E-state index contributed by atoms with van der Waals surface area (Å²) in [5, 5.41) is 34.5. The van der Waals surface area contributed by atoms with Crippen LogP contribution < -0.4 is 32.3 Å². The van der Waals surface area contributed by atoms with Crippen LogP contribution in [0.2, 0.25) is 0 Å². The van der Waals surface area contributed by atoms with Crippen LogP contribution in [0.1, 0.15) is 116 Å². The standard InChI is InChI=1S/C25H27FN8O.C21H18ClN7O.C21H19N7O2.C9H8BrNO2.C4H10FN/c1-6-34-21(16-10-27-14(2)28-11-16)33-20-19(29-13-30-22(20)34)15-7-8-18-17(9-15)25(5,23(35)32-18)31-12-24(3,4)26;1-4-29-18(13-8-23-11(2)24-9-13)28-17-16(25-10-26-19(17)29)12-5-6-15-14(7-12)21(3,22)20(30)27-15;1-4-28-18(13-8-22-11(2)23-9-13)27-17-16(24-10-25-19(17)28)12-5-6-15-14(7-12)21(3,30)20(29)26-15;1-9(13)6-4-5(10)2-3-7(6)11-8(9)12;1-4(2,5)3-6/h7-11,13,31H,6,12H2,1-5H3,(H,32,35);5-10H,4H2,1-3H3,(H,27,30);5-10,30H,4H2,1-3H3,(H,26,29);2-4,13H,1H3,(H,11,12);3,6H2,1-2H3. The van der Waals surface area contributed by atoms with Crippen LogP contribution in [0.15, 0.2) is 133 Å². The van der Waals surface area contributed by atoms with E-state index >= 15 is 0 Å². The van der Waals surface area contributed by atoms with Crippen molar-refractivity contribution >= 4 is 107 Å². The number of aryl methyl sites for hydroxylation is 6. The number of anilines is 4. The van der Waals surface area contributed by atoms with Crippen molar-refractivity contribution in [2.24, 2.45) is 5.73 Å². The number of alkyl halides is 3. The lowest BCUT2D eigenvalue weighted by Crippen LogP contribution is -2.49. The molecule has 0 spiro atoms. The number of rotatable bonds is 13. The number of hydrogen-bond acceptors (Lipinski definition) is 23. The average molecular weight is 1630 g/mol. The van der Waals surface area contributed by atoms with E-state index in [4.69, 9.17) is 32.3 Å². The van der Waals surface area contributed by atoms with Gasteiger partial charge in [0, 0.05) is 136 Å². The van der Waals surface area contributed by atoms with E-state index in [0.29, 0.717) is 128 Å². The van der Waals surface area contributed by atoms with Crippen molar-refractivity contribution in [1.29, 1.82) is 0 Å². The van der Waals surface area contributed by atoms with Gasteiger partial charge in [0.05, 0.1) is 16.7 Å². The number of fused-ring (bicyclic) bond motifs is 7. The van der Waals surface area contributed by atoms with E-state index in [1.54, 1.807) is 75.3 Å². The molecule has 30 nitrogen and oxygen atoms in total. The molecule has 0 bridgehead atoms. The summed E-state index contributed by atoms with van der Waals surface area (Å²) in [7, 11) is 0. The van der Waals surface area contributed by atoms with Gasteiger partial charge < -0.3 is 50.9 Å². The first-order valence-electron chi connectivity index (χ1n) is 36.5. The van der Waals surface area contributed by atoms with Crippen LogP contribution in [0.4, 0.5) is 31.5 Å². The molecule has 13 heterocycles. The number of nitrogens with two attached hydrogens (primary N) is 1. The largest absolute Gasteiger partial charge is 0.375 e. The van der Waals surface area contributed by atoms with Crippen molar-refractivity contribution in [3.05, 3.63) is 173 Å². The topological polar surface area (TPSA) is 403 Å². The first-order valence-corrected chi connectivity index (χ1v) is 37.6. The Morgan fingerprint density at radius 2 is 0.772 bits per heavy atom. The van der Waals surface area contributed by atoms with Crippen LogP contribution >= 0.6 is 27.5 Å². The molecule has 4 aliphatic rings. The minimum atomic E-state index is -1.59. The summed E-state index contributed by atoms with van der Waals surface area (Å²) in [5.74, 6) is 2.94. The Morgan fingerprint density at radius 1 is 0.456 bits per heavy atom. The van der Waals surface area contributed by atoms with E-state index in [1.165, 1.54) is 60.5 Å². The summed E-state index contributed by atoms with van der Waals surface area (Å²) in [5.41, 5.74) is 14.2. The number of nitrogens with one attached hydrogen (secondary N) is 5. The maximum atomic E-state index is 14.2. The number of nitrogens with zero attached hydrogens (tertiary/aromatic N) is 18. The third kappa shape index (κ3) is 15.5. The van der Waals surface area contributed by atoms with Crippen LogP contribution in [0, 0.1) is 20.8 Å². The van der Waals surface area contributed by atoms with Gasteiger partial charge in [-0.3, -0.25) is 24.5 Å². The quantitative estimate of drug-likeness (QED) is 0.0497. The van der Waals surface area contributed by atoms with Gasteiger partial charge in [-0.25, -0.2) is 83.5 Å². The van der Waals surface area contributed by atoms with Gasteiger partial charge in [0.1, 0.15) is 109 Å². The van der Waals surface area contributed by atoms with Gasteiger partial charge in [-0.05, 0) is 152 Å². The van der Waals surface area contributed by atoms with E-state index in [2.05, 4.69) is 102 Å². The van der Waals surface area contributed by atoms with Crippen LogP contribution in [0.25, 0.3) is 101 Å². The van der Waals surface area contributed by atoms with Crippen LogP contribution in [-0.2, 0) is 60.4 Å². The van der Waals surface area contributed by atoms with Gasteiger partial charge in [-0.1, -0.05) is 34.1 Å². The summed E-state index contributed by atoms with van der Waals surface area (Å²) in [6.07, 6.45) is 15.0. The molecule has 9 aromatic heterocycles. The molecule has 0 radical (unpaired) electrons. The van der Waals surface area contributed by atoms with Crippen molar-refractivity contribution in [3.8, 4) is 67.9 Å². The number of amides is 4. The normalized spacial score (nSPS) is 18.4. The molecule has 4 atom stereocenters. The van der Waals surface area contributed by atoms with Crippen molar-refractivity contribution in [3.63, 3.8) is 0 Å². The molecule has 13 aromatic rings. The fourth-order valence-corrected chi connectivity index (χ4v) is 13.8. The van der Waals surface area contributed by atoms with E-state index in [9.17, 15) is 38.2 Å². The lowest BCUT2D eigenvalue weighted by molar-refractivity contribution is -0.132. The molecule has 0 saturated heterocycles. The van der Waals surface area contributed by atoms with Crippen LogP contribution in [0.3, 0.4) is 0 Å². The summed E-state index contributed by atoms with van der Waals surface area (Å²) < 4.78 is 33.1. The highest BCUT2D eigenvalue weighted by molar-refractivity contribution is 9.10. The van der Waals surface area contributed by atoms with Gasteiger partial charge in [-0.15, -0.1) is 11.6 Å². The van der Waals surface area contributed by atoms with Crippen molar-refractivity contribution < 1.29 is 38.2 Å². The predicted molar refractivity (Wildman–Crippen MR) is 432 cm³/mol. The Hall–Kier alpha value is -11.9. The first-order chi connectivity index (χ1) is 54.0. The highest BCUT2D eigenvalue weighted by Crippen LogP contribution is 2.45. The number of hydrogen-bond donors (Lipinski definition) is 8. The van der Waals surface area contributed by atoms with Gasteiger partial charge >= 0.3 is 0 Å². The molecule has 4 aromatic carbocycles. The van der Waals surface area contributed by atoms with E-state index in [-0.39, 0.29) is 30.8 Å². The number of aromatic nitrogens is 18. The molecule has 114 heavy (non-hydrogen) atoms. The van der Waals surface area contributed by atoms with Gasteiger partial charge in [-0.2, -0.15) is 0 Å². The third-order valence-corrected chi connectivity index (χ3v) is 20.6. The summed E-state index contributed by atoms with van der Waals surface area (Å²) in [4.78, 5) is 114. The number of imidazole rings is 3. The maximum absolute atomic E-state index is 14.2. The smallest absolute Gasteiger partial charge is 0.260 e. The first kappa shape index (κ1) is 80.2. The zero-order valence-corrected chi connectivity index (χ0v) is 67.2. The number of halogens is 4. The second kappa shape index (κ2) is 30.9. The molecule has 0 aliphatic carbocycles. The third-order valence-electron chi connectivity index (χ3n) is 19.7. The van der Waals surface area contributed by atoms with Gasteiger partial charge in [0.15, 0.2) is 28.1 Å². The number of carbonyl (C=O) groups excluding carboxylic acids is 4. The molecular formula is C80H82BrClF2N24O6. The minimum Gasteiger partial charge on any atom is -0.375 e. The Morgan fingerprint density at radius 3 is 1.13 bits per heavy atom. The van der Waals surface area contributed by atoms with E-state index < -0.39 is 38.9 Å². The van der Waals surface area contributed by atoms with Crippen molar-refractivity contribution in [2.45, 2.75) is 150 Å². The van der Waals surface area contributed by atoms with Crippen molar-refractivity contribution in [1.82, 2.24) is 93.8 Å². The van der Waals surface area contributed by atoms with E-state index in [0.717, 1.165) is 60.5 Å². The number of aliphatic hydroxyl groups is 2. The lowest BCUT2D eigenvalue weighted by Gasteiger charge is -2.27. The zero-order chi connectivity index (χ0) is 81.9. The average Bonchev–Trinajstić information content (AvgIpc) is 1.60. The molecule has 4 unspecified atom stereocenters. The molecule has 4 aliphatic heterocycles. The minimum absolute atomic E-state index is 0.0290. The molecule has 17 rings (SSSR count). The van der Waals surface area contributed by atoms with Crippen LogP contribution in [0.5, 0.6) is 0 Å². The molecule has 34 heteroatoms. The molecule has 0 fully saturated rings. The van der Waals surface area contributed by atoms with Gasteiger partial charge in [0.2, 0.25) is 11.8 Å². The Balaban J connectivity index is 0.000000134. The highest BCUT2D eigenvalue weighted by Gasteiger charge is 2.46. The highest BCUT2D eigenvalue weighted by atomic mass is 79.9. The maximum Gasteiger partial charge on any atom is 0.260 e. The predicted octanol–water partition coefficient (Wildman–Crippen LogP) is 12.2. The number of benzene rings is 4. The number of carbonyl (C=O) groups is 4. The van der Waals surface area contributed by atoms with Gasteiger partial charge in [0.25, 0.3) is 11.8 Å². The van der Waals surface area contributed by atoms with Crippen LogP contribution in [-0.4, -0.2) is 147 Å².